The van der Waals surface area contributed by atoms with Crippen molar-refractivity contribution in [1.82, 2.24) is 0 Å². The van der Waals surface area contributed by atoms with Gasteiger partial charge in [0.15, 0.2) is 0 Å². The standard InChI is InChI=1S/C44H24Cl6O2/c45-24-5-1-22(2-6-24)13-32-34-15-26(47)9-11-30(34)40-36(32)17-28(49)19-38(40)42-43(52-42)44(21-51-44)39-20-29(50)18-37-33(14-23-3-7-25(46)8-4-23)35-16-27(48)10-12-31(35)41(37)39/h1-20,42-43H,21H2/b32-13-,33-14-/t42-,43+,44-/m1/s1. The van der Waals surface area contributed by atoms with E-state index in [1.807, 2.05) is 97.1 Å². The first-order valence-corrected chi connectivity index (χ1v) is 19.0. The van der Waals surface area contributed by atoms with Crippen LogP contribution in [0.5, 0.6) is 0 Å². The van der Waals surface area contributed by atoms with Crippen LogP contribution in [0.4, 0.5) is 0 Å². The van der Waals surface area contributed by atoms with Gasteiger partial charge in [0.05, 0.1) is 6.61 Å². The van der Waals surface area contributed by atoms with Crippen LogP contribution in [0.2, 0.25) is 30.1 Å². The summed E-state index contributed by atoms with van der Waals surface area (Å²) < 4.78 is 13.1. The zero-order chi connectivity index (χ0) is 35.5. The van der Waals surface area contributed by atoms with Crippen molar-refractivity contribution in [3.63, 3.8) is 0 Å². The lowest BCUT2D eigenvalue weighted by Crippen LogP contribution is -2.19. The Labute approximate surface area is 330 Å². The van der Waals surface area contributed by atoms with Gasteiger partial charge in [-0.1, -0.05) is 106 Å². The molecule has 10 rings (SSSR count). The van der Waals surface area contributed by atoms with E-state index in [0.717, 1.165) is 77.9 Å². The minimum Gasteiger partial charge on any atom is -0.361 e. The molecule has 0 amide bonds. The summed E-state index contributed by atoms with van der Waals surface area (Å²) in [6.45, 7) is 0.497. The zero-order valence-corrected chi connectivity index (χ0v) is 31.5. The number of rotatable bonds is 5. The van der Waals surface area contributed by atoms with Gasteiger partial charge >= 0.3 is 0 Å². The van der Waals surface area contributed by atoms with Crippen molar-refractivity contribution < 1.29 is 9.47 Å². The summed E-state index contributed by atoms with van der Waals surface area (Å²) in [5, 5.41) is 3.93. The fourth-order valence-corrected chi connectivity index (χ4v) is 9.07. The van der Waals surface area contributed by atoms with Crippen LogP contribution in [0.25, 0.3) is 45.6 Å². The van der Waals surface area contributed by atoms with Crippen LogP contribution in [0.1, 0.15) is 50.6 Å². The monoisotopic (exact) mass is 794 g/mol. The molecule has 0 bridgehead atoms. The van der Waals surface area contributed by atoms with Crippen LogP contribution in [-0.2, 0) is 15.1 Å². The van der Waals surface area contributed by atoms with E-state index < -0.39 is 5.60 Å². The Morgan fingerprint density at radius 1 is 0.481 bits per heavy atom. The van der Waals surface area contributed by atoms with Crippen molar-refractivity contribution in [2.24, 2.45) is 0 Å². The summed E-state index contributed by atoms with van der Waals surface area (Å²) in [6, 6.07) is 35.7. The van der Waals surface area contributed by atoms with Crippen LogP contribution < -0.4 is 0 Å². The molecule has 6 aromatic rings. The minimum absolute atomic E-state index is 0.266. The van der Waals surface area contributed by atoms with E-state index in [2.05, 4.69) is 24.3 Å². The second kappa shape index (κ2) is 12.2. The number of hydrogen-bond acceptors (Lipinski definition) is 2. The number of halogens is 6. The molecule has 6 aromatic carbocycles. The molecule has 4 aliphatic rings. The van der Waals surface area contributed by atoms with Crippen LogP contribution in [-0.4, -0.2) is 12.7 Å². The third-order valence-corrected chi connectivity index (χ3v) is 11.8. The molecule has 2 fully saturated rings. The predicted molar refractivity (Wildman–Crippen MR) is 216 cm³/mol. The number of hydrogen-bond donors (Lipinski definition) is 0. The average molecular weight is 797 g/mol. The second-order valence-electron chi connectivity index (χ2n) is 13.5. The number of fused-ring (bicyclic) bond motifs is 6. The van der Waals surface area contributed by atoms with Gasteiger partial charge in [-0.15, -0.1) is 0 Å². The highest BCUT2D eigenvalue weighted by atomic mass is 35.5. The van der Waals surface area contributed by atoms with E-state index in [1.54, 1.807) is 0 Å². The van der Waals surface area contributed by atoms with E-state index in [1.165, 1.54) is 0 Å². The summed E-state index contributed by atoms with van der Waals surface area (Å²) in [6.07, 6.45) is 3.78. The smallest absolute Gasteiger partial charge is 0.146 e. The molecule has 254 valence electrons. The lowest BCUT2D eigenvalue weighted by Gasteiger charge is -2.17. The Bertz CT molecular complexity index is 2570. The molecule has 2 aliphatic heterocycles. The first-order chi connectivity index (χ1) is 25.2. The molecule has 2 heterocycles. The van der Waals surface area contributed by atoms with Gasteiger partial charge in [0, 0.05) is 30.1 Å². The third-order valence-electron chi connectivity index (χ3n) is 10.4. The Morgan fingerprint density at radius 2 is 0.942 bits per heavy atom. The van der Waals surface area contributed by atoms with Gasteiger partial charge in [-0.2, -0.15) is 0 Å². The van der Waals surface area contributed by atoms with Crippen molar-refractivity contribution in [1.29, 1.82) is 0 Å². The fourth-order valence-electron chi connectivity index (χ4n) is 8.03. The first kappa shape index (κ1) is 33.1. The van der Waals surface area contributed by atoms with E-state index in [-0.39, 0.29) is 12.2 Å². The molecule has 0 aromatic heterocycles. The zero-order valence-electron chi connectivity index (χ0n) is 27.0. The molecule has 8 heteroatoms. The number of epoxide rings is 2. The molecule has 2 saturated heterocycles. The molecular formula is C44H24Cl6O2. The quantitative estimate of drug-likeness (QED) is 0.162. The summed E-state index contributed by atoms with van der Waals surface area (Å²) in [4.78, 5) is 0. The van der Waals surface area contributed by atoms with E-state index in [9.17, 15) is 0 Å². The van der Waals surface area contributed by atoms with Crippen molar-refractivity contribution in [3.8, 4) is 22.3 Å². The van der Waals surface area contributed by atoms with Crippen molar-refractivity contribution in [3.05, 3.63) is 184 Å². The lowest BCUT2D eigenvalue weighted by molar-refractivity contribution is 0.237. The molecule has 0 unspecified atom stereocenters. The van der Waals surface area contributed by atoms with Gasteiger partial charge in [0.2, 0.25) is 0 Å². The van der Waals surface area contributed by atoms with Gasteiger partial charge < -0.3 is 9.47 Å². The van der Waals surface area contributed by atoms with Gasteiger partial charge in [-0.05, 0) is 163 Å². The highest BCUT2D eigenvalue weighted by Gasteiger charge is 2.66. The van der Waals surface area contributed by atoms with Gasteiger partial charge in [0.1, 0.15) is 17.8 Å². The number of ether oxygens (including phenoxy) is 2. The van der Waals surface area contributed by atoms with Crippen LogP contribution in [0.15, 0.2) is 109 Å². The maximum Gasteiger partial charge on any atom is 0.146 e. The Balaban J connectivity index is 1.09. The molecule has 0 saturated carbocycles. The highest BCUT2D eigenvalue weighted by Crippen LogP contribution is 2.63. The Hall–Kier alpha value is -3.54. The van der Waals surface area contributed by atoms with Gasteiger partial charge in [-0.25, -0.2) is 0 Å². The summed E-state index contributed by atoms with van der Waals surface area (Å²) >= 11 is 39.5. The van der Waals surface area contributed by atoms with Crippen molar-refractivity contribution in [2.45, 2.75) is 17.8 Å². The lowest BCUT2D eigenvalue weighted by atomic mass is 9.85. The molecule has 2 nitrogen and oxygen atoms in total. The van der Waals surface area contributed by atoms with Crippen molar-refractivity contribution >= 4 is 92.9 Å². The topological polar surface area (TPSA) is 25.1 Å². The Kier molecular flexibility index (Phi) is 7.79. The highest BCUT2D eigenvalue weighted by molar-refractivity contribution is 6.33. The van der Waals surface area contributed by atoms with Crippen LogP contribution >= 0.6 is 69.6 Å². The van der Waals surface area contributed by atoms with Gasteiger partial charge in [-0.3, -0.25) is 0 Å². The summed E-state index contributed by atoms with van der Waals surface area (Å²) in [5.74, 6) is 0. The Morgan fingerprint density at radius 3 is 1.48 bits per heavy atom. The predicted octanol–water partition coefficient (Wildman–Crippen LogP) is 14.1. The van der Waals surface area contributed by atoms with Crippen LogP contribution in [0, 0.1) is 0 Å². The largest absolute Gasteiger partial charge is 0.361 e. The molecule has 3 atom stereocenters. The third kappa shape index (κ3) is 5.39. The molecular weight excluding hydrogens is 773 g/mol. The molecule has 0 spiro atoms. The summed E-state index contributed by atoms with van der Waals surface area (Å²) in [7, 11) is 0. The summed E-state index contributed by atoms with van der Waals surface area (Å²) in [5.41, 5.74) is 13.9. The SMILES string of the molecule is Clc1ccc(/C=C2/c3cc(Cl)ccc3-c3c2cc(Cl)cc3[C@H]2O[C@@H]2[C@]2(c3cc(Cl)cc4c3-c3ccc(Cl)cc3/C4=C/c3ccc(Cl)cc3)CO2)cc1. The fraction of sp³-hybridized carbons (Fsp3) is 0.0909. The normalized spacial score (nSPS) is 22.0. The maximum absolute atomic E-state index is 6.95. The van der Waals surface area contributed by atoms with E-state index in [0.29, 0.717) is 36.7 Å². The van der Waals surface area contributed by atoms with E-state index in [4.69, 9.17) is 79.1 Å². The van der Waals surface area contributed by atoms with Crippen LogP contribution in [0.3, 0.4) is 0 Å². The first-order valence-electron chi connectivity index (χ1n) is 16.7. The van der Waals surface area contributed by atoms with E-state index >= 15 is 0 Å². The second-order valence-corrected chi connectivity index (χ2v) is 16.2. The average Bonchev–Trinajstić information content (AvgIpc) is 4.05. The minimum atomic E-state index is -0.703. The molecule has 2 aliphatic carbocycles. The van der Waals surface area contributed by atoms with Crippen molar-refractivity contribution in [2.75, 3.05) is 6.61 Å². The van der Waals surface area contributed by atoms with Gasteiger partial charge in [0.25, 0.3) is 0 Å². The number of benzene rings is 6. The molecule has 0 radical (unpaired) electrons. The maximum atomic E-state index is 6.95. The molecule has 0 N–H and O–H groups in total. The molecule has 52 heavy (non-hydrogen) atoms.